The minimum atomic E-state index is -1.29. The number of amidine groups is 2. The number of rotatable bonds is 8. The van der Waals surface area contributed by atoms with Crippen LogP contribution >= 0.6 is 0 Å². The zero-order valence-corrected chi connectivity index (χ0v) is 21.8. The number of aromatic nitrogens is 2. The standard InChI is InChI=1S/C29H31F2N7O/c1-28(2,39-16-18-9-4-3-5-10-18)17-29(34)26(32)35-25(36-27(29)33)23-20-12-8-14-22(31)24(20)38(37-23)15-19-11-6-7-13-21(19)30/h3-14,26H,15-17,32,34H2,1-2H3,(H2,33,35,36). The van der Waals surface area contributed by atoms with Crippen LogP contribution in [0, 0.1) is 11.6 Å². The topological polar surface area (TPSA) is 130 Å². The molecule has 0 fully saturated rings. The van der Waals surface area contributed by atoms with Crippen LogP contribution in [0.1, 0.15) is 37.1 Å². The molecule has 5 rings (SSSR count). The lowest BCUT2D eigenvalue weighted by molar-refractivity contribution is -0.0448. The Morgan fingerprint density at radius 3 is 2.38 bits per heavy atom. The van der Waals surface area contributed by atoms with E-state index in [4.69, 9.17) is 21.9 Å². The second-order valence-corrected chi connectivity index (χ2v) is 10.4. The van der Waals surface area contributed by atoms with Crippen molar-refractivity contribution < 1.29 is 13.5 Å². The van der Waals surface area contributed by atoms with Gasteiger partial charge in [0, 0.05) is 17.4 Å². The highest BCUT2D eigenvalue weighted by Crippen LogP contribution is 2.30. The highest BCUT2D eigenvalue weighted by molar-refractivity contribution is 6.15. The minimum absolute atomic E-state index is 0.0103. The van der Waals surface area contributed by atoms with E-state index in [-0.39, 0.29) is 35.8 Å². The van der Waals surface area contributed by atoms with Crippen LogP contribution in [0.25, 0.3) is 10.9 Å². The molecule has 2 atom stereocenters. The van der Waals surface area contributed by atoms with Gasteiger partial charge in [0.2, 0.25) is 0 Å². The van der Waals surface area contributed by atoms with Crippen molar-refractivity contribution >= 4 is 22.6 Å². The summed E-state index contributed by atoms with van der Waals surface area (Å²) in [5, 5.41) is 5.01. The Labute approximate surface area is 225 Å². The maximum atomic E-state index is 15.0. The molecule has 202 valence electrons. The summed E-state index contributed by atoms with van der Waals surface area (Å²) in [4.78, 5) is 9.04. The van der Waals surface area contributed by atoms with Gasteiger partial charge in [-0.3, -0.25) is 4.68 Å². The van der Waals surface area contributed by atoms with E-state index >= 15 is 0 Å². The number of hydrogen-bond donors (Lipinski definition) is 3. The fourth-order valence-electron chi connectivity index (χ4n) is 4.82. The van der Waals surface area contributed by atoms with Crippen molar-refractivity contribution in [3.05, 3.63) is 101 Å². The second-order valence-electron chi connectivity index (χ2n) is 10.4. The first-order chi connectivity index (χ1) is 18.6. The second kappa shape index (κ2) is 10.3. The van der Waals surface area contributed by atoms with E-state index < -0.39 is 28.9 Å². The van der Waals surface area contributed by atoms with Crippen LogP contribution in [0.15, 0.2) is 82.8 Å². The van der Waals surface area contributed by atoms with Gasteiger partial charge in [-0.15, -0.1) is 0 Å². The molecule has 4 aromatic rings. The van der Waals surface area contributed by atoms with Gasteiger partial charge >= 0.3 is 0 Å². The highest BCUT2D eigenvalue weighted by Gasteiger charge is 2.45. The summed E-state index contributed by atoms with van der Waals surface area (Å²) in [6.07, 6.45) is -0.720. The quantitative estimate of drug-likeness (QED) is 0.318. The summed E-state index contributed by atoms with van der Waals surface area (Å²) in [5.41, 5.74) is 19.5. The third-order valence-electron chi connectivity index (χ3n) is 6.89. The normalized spacial score (nSPS) is 19.7. The van der Waals surface area contributed by atoms with Gasteiger partial charge in [0.1, 0.15) is 40.4 Å². The lowest BCUT2D eigenvalue weighted by Gasteiger charge is -2.40. The molecule has 1 aliphatic rings. The third-order valence-corrected chi connectivity index (χ3v) is 6.89. The Hall–Kier alpha value is -3.99. The molecule has 0 spiro atoms. The maximum Gasteiger partial charge on any atom is 0.179 e. The molecule has 0 aliphatic carbocycles. The van der Waals surface area contributed by atoms with Crippen molar-refractivity contribution in [1.29, 1.82) is 0 Å². The van der Waals surface area contributed by atoms with E-state index in [0.717, 1.165) is 5.56 Å². The number of hydrogen-bond acceptors (Lipinski definition) is 7. The van der Waals surface area contributed by atoms with Crippen molar-refractivity contribution in [2.45, 2.75) is 50.7 Å². The smallest absolute Gasteiger partial charge is 0.179 e. The van der Waals surface area contributed by atoms with Crippen LogP contribution in [0.4, 0.5) is 8.78 Å². The van der Waals surface area contributed by atoms with E-state index in [1.165, 1.54) is 16.8 Å². The summed E-state index contributed by atoms with van der Waals surface area (Å²) >= 11 is 0. The highest BCUT2D eigenvalue weighted by atomic mass is 19.1. The number of halogens is 2. The number of para-hydroxylation sites is 1. The molecule has 1 aliphatic heterocycles. The van der Waals surface area contributed by atoms with Crippen LogP contribution < -0.4 is 17.2 Å². The van der Waals surface area contributed by atoms with Crippen molar-refractivity contribution in [3.63, 3.8) is 0 Å². The SMILES string of the molecule is CC(C)(CC1(N)C(N)=NC(c2nn(Cc3ccccc3F)c3c(F)cccc23)=NC1N)OCc1ccccc1. The summed E-state index contributed by atoms with van der Waals surface area (Å²) in [6, 6.07) is 20.6. The molecule has 10 heteroatoms. The zero-order chi connectivity index (χ0) is 27.8. The Balaban J connectivity index is 1.44. The van der Waals surface area contributed by atoms with Crippen LogP contribution in [-0.2, 0) is 17.9 Å². The number of fused-ring (bicyclic) bond motifs is 1. The lowest BCUT2D eigenvalue weighted by atomic mass is 9.82. The predicted octanol–water partition coefficient (Wildman–Crippen LogP) is 3.85. The molecule has 0 radical (unpaired) electrons. The van der Waals surface area contributed by atoms with E-state index in [1.807, 2.05) is 44.2 Å². The van der Waals surface area contributed by atoms with E-state index in [2.05, 4.69) is 15.1 Å². The Morgan fingerprint density at radius 1 is 0.974 bits per heavy atom. The van der Waals surface area contributed by atoms with E-state index in [9.17, 15) is 8.78 Å². The van der Waals surface area contributed by atoms with Crippen molar-refractivity contribution in [3.8, 4) is 0 Å². The number of nitrogens with zero attached hydrogens (tertiary/aromatic N) is 4. The Bertz CT molecular complexity index is 1560. The number of benzene rings is 3. The lowest BCUT2D eigenvalue weighted by Crippen LogP contribution is -2.67. The summed E-state index contributed by atoms with van der Waals surface area (Å²) in [7, 11) is 0. The molecule has 2 unspecified atom stereocenters. The first kappa shape index (κ1) is 26.6. The third kappa shape index (κ3) is 5.31. The van der Waals surface area contributed by atoms with Gasteiger partial charge in [-0.1, -0.05) is 60.7 Å². The number of ether oxygens (including phenoxy) is 1. The molecule has 0 bridgehead atoms. The van der Waals surface area contributed by atoms with Gasteiger partial charge < -0.3 is 21.9 Å². The fraction of sp³-hybridized carbons (Fsp3) is 0.276. The largest absolute Gasteiger partial charge is 0.385 e. The average molecular weight is 532 g/mol. The first-order valence-electron chi connectivity index (χ1n) is 12.6. The molecule has 39 heavy (non-hydrogen) atoms. The van der Waals surface area contributed by atoms with Crippen molar-refractivity contribution in [2.24, 2.45) is 27.2 Å². The molecule has 0 amide bonds. The molecule has 1 aromatic heterocycles. The van der Waals surface area contributed by atoms with E-state index in [0.29, 0.717) is 17.6 Å². The summed E-state index contributed by atoms with van der Waals surface area (Å²) < 4.78 is 36.9. The van der Waals surface area contributed by atoms with Gasteiger partial charge in [-0.25, -0.2) is 18.8 Å². The maximum absolute atomic E-state index is 15.0. The fourth-order valence-corrected chi connectivity index (χ4v) is 4.82. The first-order valence-corrected chi connectivity index (χ1v) is 12.6. The van der Waals surface area contributed by atoms with Gasteiger partial charge in [0.05, 0.1) is 18.8 Å². The molecule has 3 aromatic carbocycles. The number of aliphatic imine (C=N–C) groups is 2. The van der Waals surface area contributed by atoms with Crippen LogP contribution in [-0.4, -0.2) is 38.8 Å². The van der Waals surface area contributed by atoms with Gasteiger partial charge in [-0.05, 0) is 31.5 Å². The van der Waals surface area contributed by atoms with Crippen LogP contribution in [0.2, 0.25) is 0 Å². The summed E-state index contributed by atoms with van der Waals surface area (Å²) in [6.45, 7) is 4.22. The van der Waals surface area contributed by atoms with Gasteiger partial charge in [0.25, 0.3) is 0 Å². The summed E-state index contributed by atoms with van der Waals surface area (Å²) in [5.74, 6) is -0.717. The molecular weight excluding hydrogens is 500 g/mol. The van der Waals surface area contributed by atoms with Gasteiger partial charge in [-0.2, -0.15) is 5.10 Å². The van der Waals surface area contributed by atoms with Crippen molar-refractivity contribution in [2.75, 3.05) is 0 Å². The predicted molar refractivity (Wildman–Crippen MR) is 148 cm³/mol. The average Bonchev–Trinajstić information content (AvgIpc) is 3.27. The molecule has 6 N–H and O–H groups in total. The van der Waals surface area contributed by atoms with Crippen molar-refractivity contribution in [1.82, 2.24) is 9.78 Å². The van der Waals surface area contributed by atoms with E-state index in [1.54, 1.807) is 30.3 Å². The Kier molecular flexibility index (Phi) is 7.02. The number of nitrogens with two attached hydrogens (primary N) is 3. The molecule has 2 heterocycles. The zero-order valence-electron chi connectivity index (χ0n) is 21.8. The minimum Gasteiger partial charge on any atom is -0.385 e. The van der Waals surface area contributed by atoms with Gasteiger partial charge in [0.15, 0.2) is 5.84 Å². The van der Waals surface area contributed by atoms with Crippen LogP contribution in [0.3, 0.4) is 0 Å². The Morgan fingerprint density at radius 2 is 1.67 bits per heavy atom. The monoisotopic (exact) mass is 531 g/mol. The van der Waals surface area contributed by atoms with Crippen LogP contribution in [0.5, 0.6) is 0 Å². The molecule has 8 nitrogen and oxygen atoms in total. The molecular formula is C29H31F2N7O. The molecule has 0 saturated carbocycles. The molecule has 0 saturated heterocycles.